The zero-order valence-corrected chi connectivity index (χ0v) is 14.1. The summed E-state index contributed by atoms with van der Waals surface area (Å²) in [6, 6.07) is 0.0735. The summed E-state index contributed by atoms with van der Waals surface area (Å²) in [5.41, 5.74) is 7.65. The quantitative estimate of drug-likeness (QED) is 0.889. The van der Waals surface area contributed by atoms with Crippen LogP contribution >= 0.6 is 27.7 Å². The second-order valence-corrected chi connectivity index (χ2v) is 7.54. The van der Waals surface area contributed by atoms with Crippen LogP contribution in [0.1, 0.15) is 31.0 Å². The summed E-state index contributed by atoms with van der Waals surface area (Å²) in [5.74, 6) is 1.24. The molecule has 19 heavy (non-hydrogen) atoms. The van der Waals surface area contributed by atoms with E-state index in [0.29, 0.717) is 5.25 Å². The average molecular weight is 347 g/mol. The Hall–Kier alpha value is -0.0400. The van der Waals surface area contributed by atoms with Crippen LogP contribution in [-0.4, -0.2) is 46.3 Å². The van der Waals surface area contributed by atoms with Crippen LogP contribution in [0.15, 0.2) is 10.7 Å². The highest BCUT2D eigenvalue weighted by atomic mass is 79.9. The van der Waals surface area contributed by atoms with Gasteiger partial charge in [-0.25, -0.2) is 0 Å². The van der Waals surface area contributed by atoms with Crippen LogP contribution in [0.25, 0.3) is 0 Å². The first-order valence-electron chi connectivity index (χ1n) is 6.82. The highest BCUT2D eigenvalue weighted by molar-refractivity contribution is 9.10. The van der Waals surface area contributed by atoms with Crippen LogP contribution in [0.4, 0.5) is 0 Å². The maximum absolute atomic E-state index is 6.50. The smallest absolute Gasteiger partial charge is 0.0705 e. The van der Waals surface area contributed by atoms with Crippen LogP contribution in [0.2, 0.25) is 0 Å². The van der Waals surface area contributed by atoms with Crippen LogP contribution in [0.3, 0.4) is 0 Å². The molecule has 0 aliphatic carbocycles. The molecular formula is C13H23BrN4S. The number of thioether (sulfide) groups is 1. The van der Waals surface area contributed by atoms with Gasteiger partial charge in [-0.1, -0.05) is 6.42 Å². The Labute approximate surface area is 128 Å². The van der Waals surface area contributed by atoms with E-state index in [1.807, 2.05) is 18.0 Å². The topological polar surface area (TPSA) is 47.1 Å². The van der Waals surface area contributed by atoms with Gasteiger partial charge in [-0.05, 0) is 48.6 Å². The molecule has 0 amide bonds. The van der Waals surface area contributed by atoms with E-state index < -0.39 is 0 Å². The molecule has 1 saturated heterocycles. The van der Waals surface area contributed by atoms with Crippen molar-refractivity contribution in [3.05, 3.63) is 16.4 Å². The van der Waals surface area contributed by atoms with E-state index in [-0.39, 0.29) is 6.04 Å². The molecule has 1 aromatic heterocycles. The van der Waals surface area contributed by atoms with Gasteiger partial charge in [0.2, 0.25) is 0 Å². The number of hydrogen-bond acceptors (Lipinski definition) is 4. The number of rotatable bonds is 5. The molecule has 0 aromatic carbocycles. The molecule has 0 radical (unpaired) electrons. The first-order chi connectivity index (χ1) is 9.09. The largest absolute Gasteiger partial charge is 0.322 e. The molecule has 2 rings (SSSR count). The molecule has 1 fully saturated rings. The minimum Gasteiger partial charge on any atom is -0.322 e. The molecular weight excluding hydrogens is 324 g/mol. The second-order valence-electron chi connectivity index (χ2n) is 5.33. The molecule has 2 atom stereocenters. The van der Waals surface area contributed by atoms with Gasteiger partial charge in [0.1, 0.15) is 0 Å². The first kappa shape index (κ1) is 15.4. The highest BCUT2D eigenvalue weighted by Gasteiger charge is 2.27. The van der Waals surface area contributed by atoms with Crippen LogP contribution in [0, 0.1) is 0 Å². The predicted molar refractivity (Wildman–Crippen MR) is 85.5 cm³/mol. The Morgan fingerprint density at radius 2 is 2.37 bits per heavy atom. The Bertz CT molecular complexity index is 401. The number of nitrogens with zero attached hydrogens (tertiary/aromatic N) is 3. The van der Waals surface area contributed by atoms with Crippen molar-refractivity contribution >= 4 is 27.7 Å². The summed E-state index contributed by atoms with van der Waals surface area (Å²) in [7, 11) is 4.16. The molecule has 2 N–H and O–H groups in total. The maximum Gasteiger partial charge on any atom is 0.0705 e. The number of nitrogens with two attached hydrogens (primary N) is 1. The van der Waals surface area contributed by atoms with Crippen molar-refractivity contribution in [1.29, 1.82) is 0 Å². The Balaban J connectivity index is 2.10. The van der Waals surface area contributed by atoms with Gasteiger partial charge >= 0.3 is 0 Å². The lowest BCUT2D eigenvalue weighted by molar-refractivity contribution is 0.365. The van der Waals surface area contributed by atoms with Crippen molar-refractivity contribution in [2.75, 3.05) is 26.4 Å². The van der Waals surface area contributed by atoms with E-state index >= 15 is 0 Å². The SMILES string of the molecule is CN(C)CCn1ncc(Br)c1C(N)C1CCCCS1. The maximum atomic E-state index is 6.50. The average Bonchev–Trinajstić information content (AvgIpc) is 2.78. The molecule has 2 heterocycles. The summed E-state index contributed by atoms with van der Waals surface area (Å²) >= 11 is 5.62. The van der Waals surface area contributed by atoms with Crippen molar-refractivity contribution < 1.29 is 0 Å². The van der Waals surface area contributed by atoms with E-state index in [9.17, 15) is 0 Å². The predicted octanol–water partition coefficient (Wildman–Crippen LogP) is 2.49. The van der Waals surface area contributed by atoms with Gasteiger partial charge in [-0.15, -0.1) is 0 Å². The lowest BCUT2D eigenvalue weighted by Crippen LogP contribution is -2.30. The van der Waals surface area contributed by atoms with E-state index in [1.54, 1.807) is 0 Å². The third-order valence-corrected chi connectivity index (χ3v) is 5.62. The fourth-order valence-corrected chi connectivity index (χ4v) is 4.30. The molecule has 1 aliphatic heterocycles. The van der Waals surface area contributed by atoms with Gasteiger partial charge in [0.15, 0.2) is 0 Å². The highest BCUT2D eigenvalue weighted by Crippen LogP contribution is 2.35. The Kier molecular flexibility index (Phi) is 5.74. The van der Waals surface area contributed by atoms with E-state index in [0.717, 1.165) is 23.3 Å². The van der Waals surface area contributed by atoms with Crippen molar-refractivity contribution in [3.8, 4) is 0 Å². The lowest BCUT2D eigenvalue weighted by atomic mass is 10.1. The summed E-state index contributed by atoms with van der Waals surface area (Å²) in [5, 5.41) is 4.99. The minimum atomic E-state index is 0.0735. The van der Waals surface area contributed by atoms with Crippen LogP contribution in [0.5, 0.6) is 0 Å². The van der Waals surface area contributed by atoms with Gasteiger partial charge in [0.25, 0.3) is 0 Å². The van der Waals surface area contributed by atoms with Crippen molar-refractivity contribution in [1.82, 2.24) is 14.7 Å². The third-order valence-electron chi connectivity index (χ3n) is 3.52. The lowest BCUT2D eigenvalue weighted by Gasteiger charge is -2.28. The van der Waals surface area contributed by atoms with Gasteiger partial charge in [0.05, 0.1) is 29.0 Å². The summed E-state index contributed by atoms with van der Waals surface area (Å²) < 4.78 is 3.11. The van der Waals surface area contributed by atoms with Crippen LogP contribution < -0.4 is 5.73 Å². The number of aromatic nitrogens is 2. The molecule has 1 aliphatic rings. The van der Waals surface area contributed by atoms with Gasteiger partial charge in [-0.3, -0.25) is 4.68 Å². The summed E-state index contributed by atoms with van der Waals surface area (Å²) in [6.45, 7) is 1.87. The normalized spacial score (nSPS) is 21.8. The third kappa shape index (κ3) is 3.97. The number of hydrogen-bond donors (Lipinski definition) is 1. The second kappa shape index (κ2) is 7.11. The molecule has 6 heteroatoms. The molecule has 108 valence electrons. The van der Waals surface area contributed by atoms with Crippen LogP contribution in [-0.2, 0) is 6.54 Å². The van der Waals surface area contributed by atoms with Gasteiger partial charge in [0, 0.05) is 11.8 Å². The van der Waals surface area contributed by atoms with Gasteiger partial charge < -0.3 is 10.6 Å². The zero-order chi connectivity index (χ0) is 13.8. The first-order valence-corrected chi connectivity index (χ1v) is 8.67. The Morgan fingerprint density at radius 1 is 1.58 bits per heavy atom. The minimum absolute atomic E-state index is 0.0735. The Morgan fingerprint density at radius 3 is 3.00 bits per heavy atom. The fraction of sp³-hybridized carbons (Fsp3) is 0.769. The van der Waals surface area contributed by atoms with Gasteiger partial charge in [-0.2, -0.15) is 16.9 Å². The molecule has 2 unspecified atom stereocenters. The van der Waals surface area contributed by atoms with Crippen molar-refractivity contribution in [2.45, 2.75) is 37.1 Å². The molecule has 0 saturated carbocycles. The zero-order valence-electron chi connectivity index (χ0n) is 11.7. The number of likely N-dealkylation sites (N-methyl/N-ethyl adjacent to an activating group) is 1. The summed E-state index contributed by atoms with van der Waals surface area (Å²) in [4.78, 5) is 2.17. The molecule has 4 nitrogen and oxygen atoms in total. The van der Waals surface area contributed by atoms with E-state index in [4.69, 9.17) is 5.73 Å². The van der Waals surface area contributed by atoms with Crippen molar-refractivity contribution in [2.24, 2.45) is 5.73 Å². The molecule has 1 aromatic rings. The van der Waals surface area contributed by atoms with Crippen molar-refractivity contribution in [3.63, 3.8) is 0 Å². The van der Waals surface area contributed by atoms with E-state index in [1.165, 1.54) is 25.0 Å². The molecule has 0 bridgehead atoms. The number of halogens is 1. The fourth-order valence-electron chi connectivity index (χ4n) is 2.40. The standard InChI is InChI=1S/C13H23BrN4S/c1-17(2)6-7-18-13(10(14)9-16-18)12(15)11-5-3-4-8-19-11/h9,11-12H,3-8,15H2,1-2H3. The van der Waals surface area contributed by atoms with E-state index in [2.05, 4.69) is 44.7 Å². The summed E-state index contributed by atoms with van der Waals surface area (Å²) in [6.07, 6.45) is 5.72. The monoisotopic (exact) mass is 346 g/mol. The molecule has 0 spiro atoms.